The second-order valence-electron chi connectivity index (χ2n) is 4.78. The van der Waals surface area contributed by atoms with Crippen LogP contribution in [0.3, 0.4) is 0 Å². The van der Waals surface area contributed by atoms with Gasteiger partial charge in [0.1, 0.15) is 22.1 Å². The van der Waals surface area contributed by atoms with E-state index in [1.807, 2.05) is 0 Å². The Morgan fingerprint density at radius 3 is 2.43 bits per heavy atom. The first-order valence-electron chi connectivity index (χ1n) is 6.43. The van der Waals surface area contributed by atoms with Crippen LogP contribution >= 0.6 is 0 Å². The van der Waals surface area contributed by atoms with Crippen LogP contribution in [0.2, 0.25) is 0 Å². The van der Waals surface area contributed by atoms with Crippen LogP contribution in [0.5, 0.6) is 0 Å². The Morgan fingerprint density at radius 1 is 1.09 bits per heavy atom. The second kappa shape index (κ2) is 5.77. The first kappa shape index (κ1) is 15.7. The molecule has 1 atom stereocenters. The summed E-state index contributed by atoms with van der Waals surface area (Å²) >= 11 is 0. The lowest BCUT2D eigenvalue weighted by Gasteiger charge is -2.06. The van der Waals surface area contributed by atoms with Crippen LogP contribution in [0.15, 0.2) is 52.1 Å². The molecule has 0 spiro atoms. The van der Waals surface area contributed by atoms with Gasteiger partial charge >= 0.3 is 6.18 Å². The molecule has 0 saturated carbocycles. The molecule has 120 valence electrons. The Kier molecular flexibility index (Phi) is 3.93. The monoisotopic (exact) mass is 343 g/mol. The third kappa shape index (κ3) is 3.42. The fourth-order valence-electron chi connectivity index (χ4n) is 1.98. The van der Waals surface area contributed by atoms with Crippen molar-refractivity contribution in [2.45, 2.75) is 17.2 Å². The van der Waals surface area contributed by atoms with Crippen molar-refractivity contribution in [1.82, 2.24) is 4.98 Å². The number of benzene rings is 2. The Hall–Kier alpha value is -2.22. The van der Waals surface area contributed by atoms with E-state index >= 15 is 0 Å². The summed E-state index contributed by atoms with van der Waals surface area (Å²) < 4.78 is 67.9. The maximum Gasteiger partial charge on any atom is 0.416 e. The van der Waals surface area contributed by atoms with Gasteiger partial charge in [-0.05, 0) is 29.8 Å². The maximum atomic E-state index is 13.1. The van der Waals surface area contributed by atoms with Crippen LogP contribution in [0, 0.1) is 5.82 Å². The highest BCUT2D eigenvalue weighted by Crippen LogP contribution is 2.29. The van der Waals surface area contributed by atoms with E-state index in [9.17, 15) is 21.8 Å². The standard InChI is InChI=1S/C15H9F4NO2S/c16-11-5-6-12-13(7-11)22-14(20-12)23(21)8-9-1-3-10(4-2-9)15(17,18)19/h1-7H,8H2. The predicted octanol–water partition coefficient (Wildman–Crippen LogP) is 4.29. The molecule has 0 aliphatic carbocycles. The first-order chi connectivity index (χ1) is 10.8. The second-order valence-corrected chi connectivity index (χ2v) is 6.11. The van der Waals surface area contributed by atoms with Gasteiger partial charge in [0, 0.05) is 6.07 Å². The van der Waals surface area contributed by atoms with Gasteiger partial charge in [0.25, 0.3) is 5.22 Å². The minimum atomic E-state index is -4.41. The number of aromatic nitrogens is 1. The zero-order valence-corrected chi connectivity index (χ0v) is 12.2. The number of hydrogen-bond acceptors (Lipinski definition) is 3. The van der Waals surface area contributed by atoms with Gasteiger partial charge in [-0.3, -0.25) is 0 Å². The Morgan fingerprint density at radius 2 is 1.78 bits per heavy atom. The average Bonchev–Trinajstić information content (AvgIpc) is 2.90. The van der Waals surface area contributed by atoms with E-state index in [4.69, 9.17) is 4.42 Å². The van der Waals surface area contributed by atoms with Gasteiger partial charge in [-0.2, -0.15) is 13.2 Å². The number of oxazole rings is 1. The average molecular weight is 343 g/mol. The summed E-state index contributed by atoms with van der Waals surface area (Å²) in [6.45, 7) is 0. The molecule has 1 heterocycles. The van der Waals surface area contributed by atoms with E-state index in [-0.39, 0.29) is 16.6 Å². The Balaban J connectivity index is 1.80. The number of nitrogens with zero attached hydrogens (tertiary/aromatic N) is 1. The van der Waals surface area contributed by atoms with Crippen LogP contribution in [0.4, 0.5) is 17.6 Å². The molecule has 0 N–H and O–H groups in total. The van der Waals surface area contributed by atoms with Crippen molar-refractivity contribution in [3.63, 3.8) is 0 Å². The van der Waals surface area contributed by atoms with Crippen LogP contribution in [0.25, 0.3) is 11.1 Å². The zero-order chi connectivity index (χ0) is 16.6. The number of alkyl halides is 3. The molecule has 2 aromatic carbocycles. The highest BCUT2D eigenvalue weighted by atomic mass is 32.2. The molecule has 0 aliphatic heterocycles. The third-order valence-corrected chi connectivity index (χ3v) is 4.26. The largest absolute Gasteiger partial charge is 0.430 e. The summed E-state index contributed by atoms with van der Waals surface area (Å²) in [5, 5.41) is -0.0921. The summed E-state index contributed by atoms with van der Waals surface area (Å²) in [4.78, 5) is 3.99. The van der Waals surface area contributed by atoms with E-state index in [0.717, 1.165) is 18.2 Å². The summed E-state index contributed by atoms with van der Waals surface area (Å²) in [7, 11) is -1.68. The van der Waals surface area contributed by atoms with Crippen LogP contribution in [-0.2, 0) is 22.7 Å². The van der Waals surface area contributed by atoms with Gasteiger partial charge in [0.15, 0.2) is 5.58 Å². The van der Waals surface area contributed by atoms with Gasteiger partial charge in [-0.25, -0.2) is 13.6 Å². The SMILES string of the molecule is O=S(Cc1ccc(C(F)(F)F)cc1)c1nc2ccc(F)cc2o1. The molecular formula is C15H9F4NO2S. The summed E-state index contributed by atoms with van der Waals surface area (Å²) in [6.07, 6.45) is -4.41. The molecule has 3 aromatic rings. The Bertz CT molecular complexity index is 871. The molecule has 0 fully saturated rings. The molecule has 0 saturated heterocycles. The number of fused-ring (bicyclic) bond motifs is 1. The summed E-state index contributed by atoms with van der Waals surface area (Å²) in [6, 6.07) is 8.08. The van der Waals surface area contributed by atoms with E-state index in [0.29, 0.717) is 11.1 Å². The Labute approximate surface area is 130 Å². The molecule has 0 aliphatic rings. The number of rotatable bonds is 3. The minimum absolute atomic E-state index is 0.0482. The molecule has 8 heteroatoms. The van der Waals surface area contributed by atoms with E-state index < -0.39 is 28.4 Å². The minimum Gasteiger partial charge on any atom is -0.430 e. The molecule has 0 amide bonds. The van der Waals surface area contributed by atoms with E-state index in [1.54, 1.807) is 0 Å². The molecular weight excluding hydrogens is 334 g/mol. The predicted molar refractivity (Wildman–Crippen MR) is 75.5 cm³/mol. The lowest BCUT2D eigenvalue weighted by molar-refractivity contribution is -0.137. The van der Waals surface area contributed by atoms with Crippen molar-refractivity contribution in [2.75, 3.05) is 0 Å². The van der Waals surface area contributed by atoms with Crippen LogP contribution < -0.4 is 0 Å². The van der Waals surface area contributed by atoms with Crippen molar-refractivity contribution < 1.29 is 26.2 Å². The molecule has 1 aromatic heterocycles. The van der Waals surface area contributed by atoms with Gasteiger partial charge in [0.05, 0.1) is 11.3 Å². The van der Waals surface area contributed by atoms with Crippen molar-refractivity contribution in [1.29, 1.82) is 0 Å². The molecule has 0 bridgehead atoms. The van der Waals surface area contributed by atoms with E-state index in [2.05, 4.69) is 4.98 Å². The van der Waals surface area contributed by atoms with Crippen LogP contribution in [0.1, 0.15) is 11.1 Å². The number of halogens is 4. The topological polar surface area (TPSA) is 43.1 Å². The lowest BCUT2D eigenvalue weighted by atomic mass is 10.1. The van der Waals surface area contributed by atoms with Gasteiger partial charge in [0.2, 0.25) is 0 Å². The molecule has 1 unspecified atom stereocenters. The fraction of sp³-hybridized carbons (Fsp3) is 0.133. The smallest absolute Gasteiger partial charge is 0.416 e. The number of hydrogen-bond donors (Lipinski definition) is 0. The van der Waals surface area contributed by atoms with Crippen molar-refractivity contribution in [3.8, 4) is 0 Å². The first-order valence-corrected chi connectivity index (χ1v) is 7.75. The summed E-state index contributed by atoms with van der Waals surface area (Å²) in [5.41, 5.74) is 0.206. The van der Waals surface area contributed by atoms with Gasteiger partial charge < -0.3 is 4.42 Å². The van der Waals surface area contributed by atoms with E-state index in [1.165, 1.54) is 24.3 Å². The lowest BCUT2D eigenvalue weighted by Crippen LogP contribution is -2.05. The van der Waals surface area contributed by atoms with Crippen molar-refractivity contribution >= 4 is 21.9 Å². The molecule has 23 heavy (non-hydrogen) atoms. The summed E-state index contributed by atoms with van der Waals surface area (Å²) in [5.74, 6) is -0.554. The highest BCUT2D eigenvalue weighted by molar-refractivity contribution is 7.84. The maximum absolute atomic E-state index is 13.1. The third-order valence-electron chi connectivity index (χ3n) is 3.10. The fourth-order valence-corrected chi connectivity index (χ4v) is 2.98. The van der Waals surface area contributed by atoms with Crippen LogP contribution in [-0.4, -0.2) is 9.19 Å². The van der Waals surface area contributed by atoms with Crippen molar-refractivity contribution in [3.05, 3.63) is 59.4 Å². The molecule has 3 nitrogen and oxygen atoms in total. The highest BCUT2D eigenvalue weighted by Gasteiger charge is 2.30. The molecule has 3 rings (SSSR count). The van der Waals surface area contributed by atoms with Crippen molar-refractivity contribution in [2.24, 2.45) is 0 Å². The molecule has 0 radical (unpaired) electrons. The quantitative estimate of drug-likeness (QED) is 0.666. The normalized spacial score (nSPS) is 13.4. The van der Waals surface area contributed by atoms with Gasteiger partial charge in [-0.15, -0.1) is 0 Å². The zero-order valence-electron chi connectivity index (χ0n) is 11.4. The van der Waals surface area contributed by atoms with Gasteiger partial charge in [-0.1, -0.05) is 12.1 Å².